The van der Waals surface area contributed by atoms with Crippen LogP contribution in [0.5, 0.6) is 0 Å². The van der Waals surface area contributed by atoms with E-state index in [-0.39, 0.29) is 17.9 Å². The van der Waals surface area contributed by atoms with Crippen molar-refractivity contribution in [1.82, 2.24) is 15.0 Å². The molecule has 2 fully saturated rings. The van der Waals surface area contributed by atoms with Crippen LogP contribution in [0.15, 0.2) is 55.0 Å². The van der Waals surface area contributed by atoms with Crippen LogP contribution in [-0.2, 0) is 9.59 Å². The molecule has 8 nitrogen and oxygen atoms in total. The highest BCUT2D eigenvalue weighted by Crippen LogP contribution is 2.39. The maximum absolute atomic E-state index is 12.7. The van der Waals surface area contributed by atoms with Crippen molar-refractivity contribution in [2.75, 3.05) is 21.7 Å². The largest absolute Gasteiger partial charge is 0.323 e. The van der Waals surface area contributed by atoms with Gasteiger partial charge in [-0.1, -0.05) is 41.9 Å². The lowest BCUT2D eigenvalue weighted by Crippen LogP contribution is -2.28. The molecule has 2 saturated heterocycles. The SMILES string of the molecule is O=C1CCCN1c1cncc(Nc2ncc(Cl)c(N3C(=O)CC[C@@H]3c3ccccc3)n2)c1. The van der Waals surface area contributed by atoms with Crippen LogP contribution in [0.1, 0.15) is 37.3 Å². The number of hydrogen-bond donors (Lipinski definition) is 1. The van der Waals surface area contributed by atoms with Crippen molar-refractivity contribution in [3.8, 4) is 0 Å². The molecule has 5 rings (SSSR count). The number of aromatic nitrogens is 3. The van der Waals surface area contributed by atoms with E-state index in [4.69, 9.17) is 11.6 Å². The maximum Gasteiger partial charge on any atom is 0.229 e. The molecule has 3 aromatic rings. The van der Waals surface area contributed by atoms with Gasteiger partial charge < -0.3 is 10.2 Å². The van der Waals surface area contributed by atoms with E-state index in [1.165, 1.54) is 6.20 Å². The van der Waals surface area contributed by atoms with Gasteiger partial charge in [0.2, 0.25) is 17.8 Å². The molecular weight excluding hydrogens is 428 g/mol. The first-order chi connectivity index (χ1) is 15.6. The Labute approximate surface area is 190 Å². The number of pyridine rings is 1. The minimum Gasteiger partial charge on any atom is -0.323 e. The van der Waals surface area contributed by atoms with Crippen LogP contribution in [0.25, 0.3) is 0 Å². The summed E-state index contributed by atoms with van der Waals surface area (Å²) in [6, 6.07) is 11.6. The second kappa shape index (κ2) is 8.55. The normalized spacial score (nSPS) is 18.5. The van der Waals surface area contributed by atoms with Gasteiger partial charge in [-0.05, 0) is 24.5 Å². The fourth-order valence-electron chi connectivity index (χ4n) is 4.22. The second-order valence-electron chi connectivity index (χ2n) is 7.80. The first kappa shape index (κ1) is 20.4. The highest BCUT2D eigenvalue weighted by molar-refractivity contribution is 6.33. The first-order valence-electron chi connectivity index (χ1n) is 10.5. The summed E-state index contributed by atoms with van der Waals surface area (Å²) in [5, 5.41) is 3.43. The molecule has 162 valence electrons. The van der Waals surface area contributed by atoms with Crippen molar-refractivity contribution in [2.24, 2.45) is 0 Å². The standard InChI is InChI=1S/C23H21ClN6O2/c24-18-14-26-23(27-16-11-17(13-25-12-16)29-10-4-7-20(29)31)28-22(18)30-19(8-9-21(30)32)15-5-2-1-3-6-15/h1-3,5-6,11-14,19H,4,7-10H2,(H,26,27,28)/t19-/m1/s1. The van der Waals surface area contributed by atoms with Crippen molar-refractivity contribution in [2.45, 2.75) is 31.7 Å². The molecule has 0 unspecified atom stereocenters. The molecule has 2 amide bonds. The number of halogens is 1. The Hall–Kier alpha value is -3.52. The van der Waals surface area contributed by atoms with Crippen LogP contribution in [0, 0.1) is 0 Å². The molecule has 0 saturated carbocycles. The predicted octanol–water partition coefficient (Wildman–Crippen LogP) is 4.26. The lowest BCUT2D eigenvalue weighted by molar-refractivity contribution is -0.117. The van der Waals surface area contributed by atoms with Crippen LogP contribution in [0.2, 0.25) is 5.02 Å². The Morgan fingerprint density at radius 2 is 1.88 bits per heavy atom. The zero-order valence-corrected chi connectivity index (χ0v) is 18.0. The number of hydrogen-bond acceptors (Lipinski definition) is 6. The summed E-state index contributed by atoms with van der Waals surface area (Å²) in [5.74, 6) is 0.733. The number of anilines is 4. The van der Waals surface area contributed by atoms with E-state index in [9.17, 15) is 9.59 Å². The zero-order valence-electron chi connectivity index (χ0n) is 17.2. The maximum atomic E-state index is 12.7. The Kier molecular flexibility index (Phi) is 5.45. The van der Waals surface area contributed by atoms with Gasteiger partial charge in [-0.25, -0.2) is 4.98 Å². The minimum absolute atomic E-state index is 0.0263. The molecule has 0 radical (unpaired) electrons. The summed E-state index contributed by atoms with van der Waals surface area (Å²) in [6.07, 6.45) is 7.30. The number of benzene rings is 1. The summed E-state index contributed by atoms with van der Waals surface area (Å²) in [5.41, 5.74) is 2.41. The molecule has 2 aliphatic rings. The number of rotatable bonds is 5. The van der Waals surface area contributed by atoms with Gasteiger partial charge in [0.1, 0.15) is 5.02 Å². The van der Waals surface area contributed by atoms with E-state index in [1.807, 2.05) is 36.4 Å². The molecule has 1 N–H and O–H groups in total. The smallest absolute Gasteiger partial charge is 0.229 e. The van der Waals surface area contributed by atoms with E-state index >= 15 is 0 Å². The van der Waals surface area contributed by atoms with E-state index < -0.39 is 0 Å². The van der Waals surface area contributed by atoms with Gasteiger partial charge >= 0.3 is 0 Å². The number of amides is 2. The Bertz CT molecular complexity index is 1170. The third-order valence-corrected chi connectivity index (χ3v) is 5.98. The van der Waals surface area contributed by atoms with E-state index in [0.717, 1.165) is 17.7 Å². The summed E-state index contributed by atoms with van der Waals surface area (Å²) in [6.45, 7) is 0.684. The van der Waals surface area contributed by atoms with Gasteiger partial charge in [0.05, 0.1) is 36.0 Å². The predicted molar refractivity (Wildman–Crippen MR) is 122 cm³/mol. The van der Waals surface area contributed by atoms with E-state index in [0.29, 0.717) is 48.3 Å². The molecule has 32 heavy (non-hydrogen) atoms. The van der Waals surface area contributed by atoms with E-state index in [2.05, 4.69) is 20.3 Å². The highest BCUT2D eigenvalue weighted by Gasteiger charge is 2.35. The van der Waals surface area contributed by atoms with E-state index in [1.54, 1.807) is 22.2 Å². The first-order valence-corrected chi connectivity index (χ1v) is 10.9. The van der Waals surface area contributed by atoms with Crippen molar-refractivity contribution >= 4 is 46.6 Å². The molecule has 4 heterocycles. The quantitative estimate of drug-likeness (QED) is 0.627. The number of nitrogens with one attached hydrogen (secondary N) is 1. The van der Waals surface area contributed by atoms with Crippen LogP contribution in [0.4, 0.5) is 23.1 Å². The Morgan fingerprint density at radius 1 is 1.03 bits per heavy atom. The molecule has 0 aliphatic carbocycles. The topological polar surface area (TPSA) is 91.3 Å². The van der Waals surface area contributed by atoms with Gasteiger partial charge in [-0.15, -0.1) is 0 Å². The Morgan fingerprint density at radius 3 is 2.66 bits per heavy atom. The van der Waals surface area contributed by atoms with Crippen molar-refractivity contribution in [1.29, 1.82) is 0 Å². The van der Waals surface area contributed by atoms with Crippen LogP contribution >= 0.6 is 11.6 Å². The van der Waals surface area contributed by atoms with Crippen LogP contribution < -0.4 is 15.1 Å². The summed E-state index contributed by atoms with van der Waals surface area (Å²) in [4.78, 5) is 41.2. The lowest BCUT2D eigenvalue weighted by Gasteiger charge is -2.25. The van der Waals surface area contributed by atoms with Gasteiger partial charge in [0.25, 0.3) is 0 Å². The summed E-state index contributed by atoms with van der Waals surface area (Å²) >= 11 is 6.42. The number of carbonyl (C=O) groups is 2. The third-order valence-electron chi connectivity index (χ3n) is 5.72. The summed E-state index contributed by atoms with van der Waals surface area (Å²) < 4.78 is 0. The average Bonchev–Trinajstić information content (AvgIpc) is 3.41. The summed E-state index contributed by atoms with van der Waals surface area (Å²) in [7, 11) is 0. The van der Waals surface area contributed by atoms with Gasteiger partial charge in [0.15, 0.2) is 5.82 Å². The van der Waals surface area contributed by atoms with Crippen molar-refractivity contribution < 1.29 is 9.59 Å². The average molecular weight is 449 g/mol. The lowest BCUT2D eigenvalue weighted by atomic mass is 10.0. The molecule has 9 heteroatoms. The third kappa shape index (κ3) is 3.89. The Balaban J connectivity index is 1.43. The zero-order chi connectivity index (χ0) is 22.1. The van der Waals surface area contributed by atoms with Crippen LogP contribution in [-0.4, -0.2) is 33.3 Å². The van der Waals surface area contributed by atoms with Gasteiger partial charge in [0, 0.05) is 19.4 Å². The van der Waals surface area contributed by atoms with Crippen molar-refractivity contribution in [3.63, 3.8) is 0 Å². The fraction of sp³-hybridized carbons (Fsp3) is 0.261. The molecule has 2 aliphatic heterocycles. The second-order valence-corrected chi connectivity index (χ2v) is 8.21. The van der Waals surface area contributed by atoms with Crippen LogP contribution in [0.3, 0.4) is 0 Å². The van der Waals surface area contributed by atoms with Gasteiger partial charge in [-0.3, -0.25) is 19.5 Å². The molecule has 1 atom stereocenters. The number of carbonyl (C=O) groups excluding carboxylic acids is 2. The fourth-order valence-corrected chi connectivity index (χ4v) is 4.40. The molecule has 0 bridgehead atoms. The molecule has 1 aromatic carbocycles. The molecule has 0 spiro atoms. The van der Waals surface area contributed by atoms with Crippen molar-refractivity contribution in [3.05, 3.63) is 65.6 Å². The number of nitrogens with zero attached hydrogens (tertiary/aromatic N) is 5. The highest BCUT2D eigenvalue weighted by atomic mass is 35.5. The monoisotopic (exact) mass is 448 g/mol. The molecular formula is C23H21ClN6O2. The minimum atomic E-state index is -0.130. The van der Waals surface area contributed by atoms with Gasteiger partial charge in [-0.2, -0.15) is 4.98 Å². The molecule has 2 aromatic heterocycles.